The average molecular weight is 257 g/mol. The predicted octanol–water partition coefficient (Wildman–Crippen LogP) is 4.03. The Labute approximate surface area is 114 Å². The molecule has 2 aromatic rings. The summed E-state index contributed by atoms with van der Waals surface area (Å²) in [7, 11) is 0. The van der Waals surface area contributed by atoms with Crippen LogP contribution < -0.4 is 5.32 Å². The second-order valence-corrected chi connectivity index (χ2v) is 4.94. The van der Waals surface area contributed by atoms with Gasteiger partial charge in [0, 0.05) is 11.6 Å². The lowest BCUT2D eigenvalue weighted by Gasteiger charge is -2.15. The number of aryl methyl sites for hydroxylation is 1. The average Bonchev–Trinajstić information content (AvgIpc) is 2.39. The Morgan fingerprint density at radius 2 is 1.89 bits per heavy atom. The van der Waals surface area contributed by atoms with Gasteiger partial charge in [0.1, 0.15) is 5.82 Å². The highest BCUT2D eigenvalue weighted by atomic mass is 19.1. The molecule has 19 heavy (non-hydrogen) atoms. The van der Waals surface area contributed by atoms with E-state index in [1.165, 1.54) is 17.2 Å². The number of halogens is 1. The molecular weight excluding hydrogens is 237 g/mol. The Bertz CT molecular complexity index is 536. The van der Waals surface area contributed by atoms with Gasteiger partial charge >= 0.3 is 0 Å². The molecule has 0 heterocycles. The summed E-state index contributed by atoms with van der Waals surface area (Å²) in [5.74, 6) is -0.141. The van der Waals surface area contributed by atoms with Gasteiger partial charge in [-0.05, 0) is 38.4 Å². The van der Waals surface area contributed by atoms with Crippen LogP contribution in [-0.4, -0.2) is 6.54 Å². The van der Waals surface area contributed by atoms with Crippen LogP contribution in [0.25, 0.3) is 0 Å². The summed E-state index contributed by atoms with van der Waals surface area (Å²) in [6.45, 7) is 4.94. The molecule has 2 aromatic carbocycles. The molecule has 0 aliphatic rings. The van der Waals surface area contributed by atoms with Crippen LogP contribution >= 0.6 is 0 Å². The van der Waals surface area contributed by atoms with Crippen molar-refractivity contribution in [3.8, 4) is 0 Å². The Hall–Kier alpha value is -1.67. The van der Waals surface area contributed by atoms with Crippen LogP contribution in [0.4, 0.5) is 4.39 Å². The Morgan fingerprint density at radius 3 is 2.63 bits per heavy atom. The summed E-state index contributed by atoms with van der Waals surface area (Å²) in [6.07, 6.45) is 0.959. The van der Waals surface area contributed by atoms with Crippen molar-refractivity contribution in [2.75, 3.05) is 6.54 Å². The smallest absolute Gasteiger partial charge is 0.127 e. The first-order chi connectivity index (χ1) is 9.16. The summed E-state index contributed by atoms with van der Waals surface area (Å²) in [6, 6.07) is 15.5. The van der Waals surface area contributed by atoms with Crippen LogP contribution in [0.1, 0.15) is 29.7 Å². The molecule has 1 unspecified atom stereocenters. The fourth-order valence-corrected chi connectivity index (χ4v) is 2.24. The van der Waals surface area contributed by atoms with E-state index in [9.17, 15) is 4.39 Å². The lowest BCUT2D eigenvalue weighted by atomic mass is 10.1. The van der Waals surface area contributed by atoms with Crippen molar-refractivity contribution in [1.29, 1.82) is 0 Å². The molecule has 0 radical (unpaired) electrons. The van der Waals surface area contributed by atoms with Crippen molar-refractivity contribution in [2.24, 2.45) is 0 Å². The second-order valence-electron chi connectivity index (χ2n) is 4.94. The summed E-state index contributed by atoms with van der Waals surface area (Å²) in [4.78, 5) is 0. The van der Waals surface area contributed by atoms with Crippen LogP contribution in [0.5, 0.6) is 0 Å². The first kappa shape index (κ1) is 13.8. The van der Waals surface area contributed by atoms with Crippen molar-refractivity contribution < 1.29 is 4.39 Å². The Morgan fingerprint density at radius 1 is 1.11 bits per heavy atom. The van der Waals surface area contributed by atoms with E-state index in [2.05, 4.69) is 36.5 Å². The molecule has 0 aromatic heterocycles. The highest BCUT2D eigenvalue weighted by molar-refractivity contribution is 5.23. The van der Waals surface area contributed by atoms with Gasteiger partial charge in [0.25, 0.3) is 0 Å². The van der Waals surface area contributed by atoms with Gasteiger partial charge in [-0.2, -0.15) is 0 Å². The highest BCUT2D eigenvalue weighted by Crippen LogP contribution is 2.15. The highest BCUT2D eigenvalue weighted by Gasteiger charge is 2.08. The van der Waals surface area contributed by atoms with Gasteiger partial charge in [-0.25, -0.2) is 4.39 Å². The fraction of sp³-hybridized carbons (Fsp3) is 0.294. The third-order valence-electron chi connectivity index (χ3n) is 3.32. The molecular formula is C17H20FN. The Kier molecular flexibility index (Phi) is 4.69. The molecule has 0 aliphatic carbocycles. The lowest BCUT2D eigenvalue weighted by Crippen LogP contribution is -2.22. The van der Waals surface area contributed by atoms with Gasteiger partial charge < -0.3 is 5.32 Å². The standard InChI is InChI=1S/C17H20FN/c1-13-6-5-7-15(12-13)10-11-19-14(2)16-8-3-4-9-17(16)18/h3-9,12,14,19H,10-11H2,1-2H3. The number of nitrogens with one attached hydrogen (secondary N) is 1. The summed E-state index contributed by atoms with van der Waals surface area (Å²) >= 11 is 0. The third-order valence-corrected chi connectivity index (χ3v) is 3.32. The van der Waals surface area contributed by atoms with Crippen molar-refractivity contribution in [1.82, 2.24) is 5.32 Å². The first-order valence-corrected chi connectivity index (χ1v) is 6.70. The molecule has 2 rings (SSSR count). The largest absolute Gasteiger partial charge is 0.310 e. The zero-order valence-corrected chi connectivity index (χ0v) is 11.5. The Balaban J connectivity index is 1.88. The van der Waals surface area contributed by atoms with E-state index < -0.39 is 0 Å². The third kappa shape index (κ3) is 3.90. The second kappa shape index (κ2) is 6.48. The van der Waals surface area contributed by atoms with E-state index in [0.717, 1.165) is 18.5 Å². The number of hydrogen-bond acceptors (Lipinski definition) is 1. The minimum absolute atomic E-state index is 0.0333. The number of rotatable bonds is 5. The van der Waals surface area contributed by atoms with E-state index in [1.807, 2.05) is 19.1 Å². The topological polar surface area (TPSA) is 12.0 Å². The zero-order valence-electron chi connectivity index (χ0n) is 11.5. The minimum atomic E-state index is -0.141. The zero-order chi connectivity index (χ0) is 13.7. The predicted molar refractivity (Wildman–Crippen MR) is 77.7 cm³/mol. The van der Waals surface area contributed by atoms with Gasteiger partial charge in [0.15, 0.2) is 0 Å². The maximum absolute atomic E-state index is 13.6. The van der Waals surface area contributed by atoms with Crippen LogP contribution in [-0.2, 0) is 6.42 Å². The van der Waals surface area contributed by atoms with E-state index in [4.69, 9.17) is 0 Å². The summed E-state index contributed by atoms with van der Waals surface area (Å²) in [5, 5.41) is 3.37. The van der Waals surface area contributed by atoms with Gasteiger partial charge in [0.2, 0.25) is 0 Å². The molecule has 0 amide bonds. The SMILES string of the molecule is Cc1cccc(CCNC(C)c2ccccc2F)c1. The lowest BCUT2D eigenvalue weighted by molar-refractivity contribution is 0.531. The molecule has 0 spiro atoms. The number of hydrogen-bond donors (Lipinski definition) is 1. The molecule has 100 valence electrons. The van der Waals surface area contributed by atoms with Gasteiger partial charge in [0.05, 0.1) is 0 Å². The molecule has 1 N–H and O–H groups in total. The van der Waals surface area contributed by atoms with E-state index >= 15 is 0 Å². The molecule has 0 saturated carbocycles. The van der Waals surface area contributed by atoms with E-state index in [0.29, 0.717) is 0 Å². The van der Waals surface area contributed by atoms with Crippen LogP contribution in [0.15, 0.2) is 48.5 Å². The normalized spacial score (nSPS) is 12.4. The van der Waals surface area contributed by atoms with Gasteiger partial charge in [-0.1, -0.05) is 48.0 Å². The van der Waals surface area contributed by atoms with E-state index in [-0.39, 0.29) is 11.9 Å². The number of benzene rings is 2. The maximum Gasteiger partial charge on any atom is 0.127 e. The fourth-order valence-electron chi connectivity index (χ4n) is 2.24. The molecule has 1 nitrogen and oxygen atoms in total. The monoisotopic (exact) mass is 257 g/mol. The van der Waals surface area contributed by atoms with Crippen LogP contribution in [0, 0.1) is 12.7 Å². The molecule has 0 bridgehead atoms. The summed E-state index contributed by atoms with van der Waals surface area (Å²) in [5.41, 5.74) is 3.32. The van der Waals surface area contributed by atoms with Gasteiger partial charge in [-0.15, -0.1) is 0 Å². The minimum Gasteiger partial charge on any atom is -0.310 e. The maximum atomic E-state index is 13.6. The molecule has 2 heteroatoms. The molecule has 0 fully saturated rings. The first-order valence-electron chi connectivity index (χ1n) is 6.70. The molecule has 0 saturated heterocycles. The van der Waals surface area contributed by atoms with Crippen LogP contribution in [0.3, 0.4) is 0 Å². The summed E-state index contributed by atoms with van der Waals surface area (Å²) < 4.78 is 13.6. The van der Waals surface area contributed by atoms with Crippen molar-refractivity contribution in [2.45, 2.75) is 26.3 Å². The van der Waals surface area contributed by atoms with Crippen molar-refractivity contribution >= 4 is 0 Å². The van der Waals surface area contributed by atoms with Crippen molar-refractivity contribution in [3.63, 3.8) is 0 Å². The molecule has 1 atom stereocenters. The van der Waals surface area contributed by atoms with Gasteiger partial charge in [-0.3, -0.25) is 0 Å². The van der Waals surface area contributed by atoms with Crippen LogP contribution in [0.2, 0.25) is 0 Å². The van der Waals surface area contributed by atoms with E-state index in [1.54, 1.807) is 6.07 Å². The quantitative estimate of drug-likeness (QED) is 0.852. The molecule has 0 aliphatic heterocycles. The van der Waals surface area contributed by atoms with Crippen molar-refractivity contribution in [3.05, 3.63) is 71.0 Å².